The molecule has 0 bridgehead atoms. The van der Waals surface area contributed by atoms with Gasteiger partial charge in [-0.05, 0) is 38.5 Å². The first kappa shape index (κ1) is 14.9. The summed E-state index contributed by atoms with van der Waals surface area (Å²) in [5.41, 5.74) is 2.75. The van der Waals surface area contributed by atoms with Crippen molar-refractivity contribution in [1.29, 1.82) is 0 Å². The lowest BCUT2D eigenvalue weighted by molar-refractivity contribution is -0.0839. The van der Waals surface area contributed by atoms with Crippen LogP contribution >= 0.6 is 0 Å². The molecule has 6 heteroatoms. The minimum absolute atomic E-state index is 0.0257. The van der Waals surface area contributed by atoms with E-state index in [-0.39, 0.29) is 17.4 Å². The summed E-state index contributed by atoms with van der Waals surface area (Å²) in [5, 5.41) is 0. The van der Waals surface area contributed by atoms with Crippen LogP contribution in [0.25, 0.3) is 0 Å². The lowest BCUT2D eigenvalue weighted by atomic mass is 9.75. The van der Waals surface area contributed by atoms with Crippen LogP contribution in [0.5, 0.6) is 0 Å². The Bertz CT molecular complexity index is 320. The lowest BCUT2D eigenvalue weighted by Gasteiger charge is -2.42. The van der Waals surface area contributed by atoms with Crippen LogP contribution < -0.4 is 11.3 Å². The van der Waals surface area contributed by atoms with E-state index in [0.29, 0.717) is 6.42 Å². The number of hydrazine groups is 1. The summed E-state index contributed by atoms with van der Waals surface area (Å²) in [5.74, 6) is 5.74. The van der Waals surface area contributed by atoms with Crippen LogP contribution in [-0.2, 0) is 14.6 Å². The average molecular weight is 264 g/mol. The molecule has 0 aromatic rings. The Morgan fingerprint density at radius 1 is 1.47 bits per heavy atom. The maximum Gasteiger partial charge on any atom is 0.147 e. The van der Waals surface area contributed by atoms with Gasteiger partial charge in [-0.25, -0.2) is 8.42 Å². The second kappa shape index (κ2) is 6.13. The number of hydrogen-bond acceptors (Lipinski definition) is 5. The van der Waals surface area contributed by atoms with Gasteiger partial charge in [-0.3, -0.25) is 11.3 Å². The molecule has 1 fully saturated rings. The van der Waals surface area contributed by atoms with Gasteiger partial charge in [0.15, 0.2) is 0 Å². The highest BCUT2D eigenvalue weighted by Gasteiger charge is 2.38. The van der Waals surface area contributed by atoms with Crippen LogP contribution in [0.15, 0.2) is 0 Å². The lowest BCUT2D eigenvalue weighted by Crippen LogP contribution is -2.47. The van der Waals surface area contributed by atoms with Crippen molar-refractivity contribution in [2.24, 2.45) is 5.84 Å². The highest BCUT2D eigenvalue weighted by molar-refractivity contribution is 7.90. The molecule has 3 N–H and O–H groups in total. The molecule has 0 aromatic carbocycles. The highest BCUT2D eigenvalue weighted by Crippen LogP contribution is 2.39. The minimum atomic E-state index is -2.87. The Morgan fingerprint density at radius 3 is 2.47 bits per heavy atom. The maximum atomic E-state index is 11.0. The van der Waals surface area contributed by atoms with Crippen LogP contribution in [-0.4, -0.2) is 39.2 Å². The first-order valence-electron chi connectivity index (χ1n) is 6.10. The summed E-state index contributed by atoms with van der Waals surface area (Å²) < 4.78 is 27.6. The van der Waals surface area contributed by atoms with Crippen molar-refractivity contribution in [1.82, 2.24) is 5.43 Å². The predicted octanol–water partition coefficient (Wildman–Crippen LogP) is 0.602. The minimum Gasteiger partial charge on any atom is -0.378 e. The smallest absolute Gasteiger partial charge is 0.147 e. The molecular formula is C11H24N2O3S. The van der Waals surface area contributed by atoms with Gasteiger partial charge in [-0.15, -0.1) is 0 Å². The van der Waals surface area contributed by atoms with Crippen molar-refractivity contribution >= 4 is 9.84 Å². The second-order valence-corrected chi connectivity index (χ2v) is 7.34. The van der Waals surface area contributed by atoms with E-state index in [0.717, 1.165) is 25.7 Å². The molecular weight excluding hydrogens is 240 g/mol. The van der Waals surface area contributed by atoms with Crippen molar-refractivity contribution in [3.05, 3.63) is 0 Å². The summed E-state index contributed by atoms with van der Waals surface area (Å²) in [6.07, 6.45) is 6.91. The van der Waals surface area contributed by atoms with E-state index in [2.05, 4.69) is 5.43 Å². The first-order chi connectivity index (χ1) is 7.91. The van der Waals surface area contributed by atoms with E-state index in [1.54, 1.807) is 7.11 Å². The molecule has 1 rings (SSSR count). The fraction of sp³-hybridized carbons (Fsp3) is 1.00. The number of ether oxygens (including phenoxy) is 1. The number of nitrogens with one attached hydrogen (secondary N) is 1. The van der Waals surface area contributed by atoms with Gasteiger partial charge in [0.2, 0.25) is 0 Å². The first-order valence-corrected chi connectivity index (χ1v) is 8.16. The number of sulfone groups is 1. The molecule has 17 heavy (non-hydrogen) atoms. The zero-order valence-electron chi connectivity index (χ0n) is 10.7. The molecule has 0 saturated heterocycles. The zero-order valence-corrected chi connectivity index (χ0v) is 11.6. The second-order valence-electron chi connectivity index (χ2n) is 5.08. The van der Waals surface area contributed by atoms with E-state index < -0.39 is 9.84 Å². The average Bonchev–Trinajstić information content (AvgIpc) is 2.19. The summed E-state index contributed by atoms with van der Waals surface area (Å²) in [7, 11) is -1.13. The number of methoxy groups -OCH3 is 1. The van der Waals surface area contributed by atoms with Crippen LogP contribution in [0.1, 0.15) is 38.5 Å². The van der Waals surface area contributed by atoms with E-state index in [4.69, 9.17) is 10.6 Å². The van der Waals surface area contributed by atoms with E-state index in [1.165, 1.54) is 12.7 Å². The molecule has 0 amide bonds. The van der Waals surface area contributed by atoms with Crippen molar-refractivity contribution < 1.29 is 13.2 Å². The number of hydrogen-bond donors (Lipinski definition) is 2. The molecule has 1 atom stereocenters. The van der Waals surface area contributed by atoms with Crippen molar-refractivity contribution in [2.45, 2.75) is 50.2 Å². The Kier molecular flexibility index (Phi) is 5.37. The van der Waals surface area contributed by atoms with Crippen LogP contribution in [0, 0.1) is 0 Å². The molecule has 5 nitrogen and oxygen atoms in total. The largest absolute Gasteiger partial charge is 0.378 e. The number of rotatable bonds is 8. The quantitative estimate of drug-likeness (QED) is 0.496. The highest BCUT2D eigenvalue weighted by atomic mass is 32.2. The van der Waals surface area contributed by atoms with Gasteiger partial charge in [0.1, 0.15) is 9.84 Å². The third kappa shape index (κ3) is 4.91. The number of nitrogens with two attached hydrogens (primary N) is 1. The molecule has 1 aliphatic carbocycles. The van der Waals surface area contributed by atoms with Gasteiger partial charge >= 0.3 is 0 Å². The van der Waals surface area contributed by atoms with Gasteiger partial charge in [0.05, 0.1) is 5.60 Å². The summed E-state index contributed by atoms with van der Waals surface area (Å²) in [4.78, 5) is 0. The normalized spacial score (nSPS) is 20.9. The fourth-order valence-electron chi connectivity index (χ4n) is 2.35. The van der Waals surface area contributed by atoms with Crippen LogP contribution in [0.2, 0.25) is 0 Å². The van der Waals surface area contributed by atoms with Crippen LogP contribution in [0.4, 0.5) is 0 Å². The Hall–Kier alpha value is -0.170. The van der Waals surface area contributed by atoms with Crippen molar-refractivity contribution in [3.63, 3.8) is 0 Å². The molecule has 1 saturated carbocycles. The fourth-order valence-corrected chi connectivity index (χ4v) is 3.04. The molecule has 0 radical (unpaired) electrons. The molecule has 0 aromatic heterocycles. The zero-order chi connectivity index (χ0) is 12.9. The Morgan fingerprint density at radius 2 is 2.12 bits per heavy atom. The third-order valence-electron chi connectivity index (χ3n) is 3.62. The van der Waals surface area contributed by atoms with E-state index in [1.807, 2.05) is 0 Å². The topological polar surface area (TPSA) is 81.4 Å². The van der Waals surface area contributed by atoms with Gasteiger partial charge in [-0.2, -0.15) is 0 Å². The van der Waals surface area contributed by atoms with Gasteiger partial charge in [0.25, 0.3) is 0 Å². The maximum absolute atomic E-state index is 11.0. The molecule has 1 aliphatic rings. The molecule has 102 valence electrons. The predicted molar refractivity (Wildman–Crippen MR) is 68.3 cm³/mol. The Labute approximate surface area is 104 Å². The van der Waals surface area contributed by atoms with Crippen molar-refractivity contribution in [3.8, 4) is 0 Å². The van der Waals surface area contributed by atoms with Gasteiger partial charge in [0, 0.05) is 25.2 Å². The Balaban J connectivity index is 2.33. The summed E-state index contributed by atoms with van der Waals surface area (Å²) in [6, 6.07) is 0.136. The van der Waals surface area contributed by atoms with Crippen molar-refractivity contribution in [2.75, 3.05) is 19.1 Å². The molecule has 1 unspecified atom stereocenters. The van der Waals surface area contributed by atoms with Gasteiger partial charge in [-0.1, -0.05) is 0 Å². The standard InChI is InChI=1S/C11H24N2O3S/c1-16-11(6-4-7-11)9-10(13-12)5-3-8-17(2,14)15/h10,13H,3-9,12H2,1-2H3. The van der Waals surface area contributed by atoms with E-state index in [9.17, 15) is 8.42 Å². The summed E-state index contributed by atoms with van der Waals surface area (Å²) in [6.45, 7) is 0. The SMILES string of the molecule is COC1(CC(CCCS(C)(=O)=O)NN)CCC1. The molecule has 0 aliphatic heterocycles. The van der Waals surface area contributed by atoms with Gasteiger partial charge < -0.3 is 4.74 Å². The van der Waals surface area contributed by atoms with E-state index >= 15 is 0 Å². The summed E-state index contributed by atoms with van der Waals surface area (Å²) >= 11 is 0. The monoisotopic (exact) mass is 264 g/mol. The van der Waals surface area contributed by atoms with Crippen LogP contribution in [0.3, 0.4) is 0 Å². The molecule has 0 heterocycles. The third-order valence-corrected chi connectivity index (χ3v) is 4.65. The molecule has 0 spiro atoms.